The Hall–Kier alpha value is -2.37. The second-order valence-corrected chi connectivity index (χ2v) is 7.72. The lowest BCUT2D eigenvalue weighted by molar-refractivity contribution is -0.0438. The summed E-state index contributed by atoms with van der Waals surface area (Å²) in [6.45, 7) is 0.428. The summed E-state index contributed by atoms with van der Waals surface area (Å²) in [4.78, 5) is 4.00. The minimum atomic E-state index is -0.908. The van der Waals surface area contributed by atoms with Gasteiger partial charge in [-0.25, -0.2) is 9.67 Å². The molecule has 6 heteroatoms. The summed E-state index contributed by atoms with van der Waals surface area (Å²) < 4.78 is 7.67. The summed E-state index contributed by atoms with van der Waals surface area (Å²) in [5, 5.41) is 16.4. The van der Waals surface area contributed by atoms with Gasteiger partial charge in [-0.3, -0.25) is 0 Å². The lowest BCUT2D eigenvalue weighted by Gasteiger charge is -2.31. The van der Waals surface area contributed by atoms with Crippen LogP contribution < -0.4 is 4.74 Å². The summed E-state index contributed by atoms with van der Waals surface area (Å²) in [6, 6.07) is 13.3. The molecule has 26 heavy (non-hydrogen) atoms. The molecule has 0 saturated heterocycles. The second kappa shape index (κ2) is 5.56. The summed E-state index contributed by atoms with van der Waals surface area (Å²) in [6.07, 6.45) is 6.08. The fraction of sp³-hybridized carbons (Fsp3) is 0.300. The number of ether oxygens (including phenoxy) is 1. The maximum atomic E-state index is 11.6. The van der Waals surface area contributed by atoms with Crippen molar-refractivity contribution in [1.29, 1.82) is 0 Å². The van der Waals surface area contributed by atoms with Crippen molar-refractivity contribution in [2.24, 2.45) is 5.41 Å². The first-order valence-corrected chi connectivity index (χ1v) is 9.07. The van der Waals surface area contributed by atoms with Crippen LogP contribution in [0.2, 0.25) is 5.02 Å². The predicted octanol–water partition coefficient (Wildman–Crippen LogP) is 3.95. The van der Waals surface area contributed by atoms with Crippen molar-refractivity contribution in [1.82, 2.24) is 14.8 Å². The lowest BCUT2D eigenvalue weighted by atomic mass is 9.84. The number of benzene rings is 2. The van der Waals surface area contributed by atoms with Crippen molar-refractivity contribution in [2.45, 2.75) is 31.4 Å². The van der Waals surface area contributed by atoms with Crippen LogP contribution in [0.4, 0.5) is 0 Å². The van der Waals surface area contributed by atoms with Crippen LogP contribution in [0.25, 0.3) is 0 Å². The van der Waals surface area contributed by atoms with Gasteiger partial charge >= 0.3 is 0 Å². The molecular weight excluding hydrogens is 350 g/mol. The minimum Gasteiger partial charge on any atom is -0.457 e. The predicted molar refractivity (Wildman–Crippen MR) is 97.3 cm³/mol. The highest BCUT2D eigenvalue weighted by atomic mass is 35.5. The van der Waals surface area contributed by atoms with Gasteiger partial charge in [0.1, 0.15) is 29.8 Å². The molecular formula is C20H18ClN3O2. The number of halogens is 1. The van der Waals surface area contributed by atoms with Crippen LogP contribution in [0, 0.1) is 5.41 Å². The van der Waals surface area contributed by atoms with Crippen molar-refractivity contribution >= 4 is 11.6 Å². The van der Waals surface area contributed by atoms with E-state index in [0.29, 0.717) is 11.6 Å². The van der Waals surface area contributed by atoms with Gasteiger partial charge in [0.05, 0.1) is 6.54 Å². The average Bonchev–Trinajstić information content (AvgIpc) is 3.16. The zero-order chi connectivity index (χ0) is 17.8. The van der Waals surface area contributed by atoms with E-state index in [1.165, 1.54) is 6.33 Å². The van der Waals surface area contributed by atoms with E-state index in [1.807, 2.05) is 30.3 Å². The van der Waals surface area contributed by atoms with Gasteiger partial charge in [-0.1, -0.05) is 17.7 Å². The molecule has 0 aliphatic heterocycles. The molecule has 0 amide bonds. The highest BCUT2D eigenvalue weighted by Gasteiger charge is 2.63. The van der Waals surface area contributed by atoms with Gasteiger partial charge in [-0.15, -0.1) is 0 Å². The molecule has 132 valence electrons. The molecule has 1 heterocycles. The van der Waals surface area contributed by atoms with Crippen molar-refractivity contribution < 1.29 is 9.84 Å². The van der Waals surface area contributed by atoms with E-state index in [1.54, 1.807) is 23.1 Å². The molecule has 1 aromatic heterocycles. The number of aliphatic hydroxyl groups is 1. The number of hydrogen-bond acceptors (Lipinski definition) is 4. The molecule has 2 aromatic carbocycles. The quantitative estimate of drug-likeness (QED) is 0.758. The largest absolute Gasteiger partial charge is 0.457 e. The molecule has 1 spiro atoms. The Morgan fingerprint density at radius 2 is 1.88 bits per heavy atom. The molecule has 5 nitrogen and oxygen atoms in total. The van der Waals surface area contributed by atoms with Crippen LogP contribution in [0.15, 0.2) is 55.1 Å². The molecule has 3 aromatic rings. The number of aromatic nitrogens is 3. The van der Waals surface area contributed by atoms with Crippen molar-refractivity contribution in [3.63, 3.8) is 0 Å². The Morgan fingerprint density at radius 3 is 2.58 bits per heavy atom. The van der Waals surface area contributed by atoms with E-state index < -0.39 is 5.60 Å². The van der Waals surface area contributed by atoms with E-state index in [0.717, 1.165) is 41.9 Å². The Morgan fingerprint density at radius 1 is 1.12 bits per heavy atom. The van der Waals surface area contributed by atoms with Crippen LogP contribution >= 0.6 is 11.6 Å². The molecule has 1 saturated carbocycles. The Balaban J connectivity index is 1.47. The topological polar surface area (TPSA) is 60.2 Å². The van der Waals surface area contributed by atoms with Crippen molar-refractivity contribution in [2.75, 3.05) is 0 Å². The first-order valence-electron chi connectivity index (χ1n) is 8.70. The number of rotatable bonds is 4. The summed E-state index contributed by atoms with van der Waals surface area (Å²) in [7, 11) is 0. The second-order valence-electron chi connectivity index (χ2n) is 7.29. The van der Waals surface area contributed by atoms with Crippen LogP contribution in [-0.4, -0.2) is 19.9 Å². The summed E-state index contributed by atoms with van der Waals surface area (Å²) >= 11 is 5.92. The fourth-order valence-corrected chi connectivity index (χ4v) is 4.29. The maximum absolute atomic E-state index is 11.6. The first kappa shape index (κ1) is 15.9. The average molecular weight is 368 g/mol. The molecule has 1 N–H and O–H groups in total. The van der Waals surface area contributed by atoms with Gasteiger partial charge in [0.2, 0.25) is 0 Å². The Bertz CT molecular complexity index is 952. The monoisotopic (exact) mass is 367 g/mol. The fourth-order valence-electron chi connectivity index (χ4n) is 4.16. The zero-order valence-electron chi connectivity index (χ0n) is 14.1. The molecule has 1 unspecified atom stereocenters. The smallest absolute Gasteiger partial charge is 0.137 e. The molecule has 1 atom stereocenters. The summed E-state index contributed by atoms with van der Waals surface area (Å²) in [5.74, 6) is 1.51. The molecule has 1 fully saturated rings. The maximum Gasteiger partial charge on any atom is 0.137 e. The van der Waals surface area contributed by atoms with E-state index >= 15 is 0 Å². The van der Waals surface area contributed by atoms with Crippen molar-refractivity contribution in [3.05, 3.63) is 71.3 Å². The van der Waals surface area contributed by atoms with Gasteiger partial charge in [0.15, 0.2) is 0 Å². The molecule has 2 aliphatic carbocycles. The van der Waals surface area contributed by atoms with E-state index in [4.69, 9.17) is 16.3 Å². The van der Waals surface area contributed by atoms with E-state index in [9.17, 15) is 5.11 Å². The number of fused-ring (bicyclic) bond motifs is 1. The van der Waals surface area contributed by atoms with Crippen LogP contribution in [0.5, 0.6) is 11.5 Å². The number of nitrogens with zero attached hydrogens (tertiary/aromatic N) is 3. The van der Waals surface area contributed by atoms with Gasteiger partial charge in [-0.2, -0.15) is 5.10 Å². The van der Waals surface area contributed by atoms with Gasteiger partial charge in [-0.05, 0) is 66.8 Å². The van der Waals surface area contributed by atoms with Crippen LogP contribution in [-0.2, 0) is 18.6 Å². The van der Waals surface area contributed by atoms with Crippen LogP contribution in [0.1, 0.15) is 24.0 Å². The van der Waals surface area contributed by atoms with Gasteiger partial charge in [0.25, 0.3) is 0 Å². The van der Waals surface area contributed by atoms with Gasteiger partial charge in [0, 0.05) is 10.4 Å². The van der Waals surface area contributed by atoms with E-state index in [-0.39, 0.29) is 5.41 Å². The van der Waals surface area contributed by atoms with Crippen molar-refractivity contribution in [3.8, 4) is 11.5 Å². The highest BCUT2D eigenvalue weighted by Crippen LogP contribution is 2.65. The SMILES string of the molecule is OC1(Cn2cncn2)c2ccc(Oc3ccc(Cl)cc3)cc2CC12CC2. The zero-order valence-corrected chi connectivity index (χ0v) is 14.9. The van der Waals surface area contributed by atoms with Crippen LogP contribution in [0.3, 0.4) is 0 Å². The molecule has 5 rings (SSSR count). The molecule has 0 radical (unpaired) electrons. The Kier molecular flexibility index (Phi) is 3.39. The molecule has 2 aliphatic rings. The third-order valence-corrected chi connectivity index (χ3v) is 5.94. The van der Waals surface area contributed by atoms with E-state index in [2.05, 4.69) is 10.1 Å². The number of hydrogen-bond donors (Lipinski definition) is 1. The lowest BCUT2D eigenvalue weighted by Crippen LogP contribution is -2.38. The third kappa shape index (κ3) is 2.42. The minimum absolute atomic E-state index is 0.0832. The first-order chi connectivity index (χ1) is 12.6. The third-order valence-electron chi connectivity index (χ3n) is 5.69. The van der Waals surface area contributed by atoms with Gasteiger partial charge < -0.3 is 9.84 Å². The standard InChI is InChI=1S/C20H18ClN3O2/c21-15-1-3-16(4-2-15)26-17-5-6-18-14(9-17)10-19(7-8-19)20(18,25)11-24-13-22-12-23-24/h1-6,9,12-13,25H,7-8,10-11H2. The summed E-state index contributed by atoms with van der Waals surface area (Å²) in [5.41, 5.74) is 1.14. The molecule has 0 bridgehead atoms. The Labute approximate surface area is 156 Å². The normalized spacial score (nSPS) is 22.4. The highest BCUT2D eigenvalue weighted by molar-refractivity contribution is 6.30.